The summed E-state index contributed by atoms with van der Waals surface area (Å²) >= 11 is 0. The Kier molecular flexibility index (Phi) is 4.66. The summed E-state index contributed by atoms with van der Waals surface area (Å²) in [4.78, 5) is 26.2. The highest BCUT2D eigenvalue weighted by molar-refractivity contribution is 5.81. The minimum absolute atomic E-state index is 0.0665. The predicted molar refractivity (Wildman–Crippen MR) is 86.1 cm³/mol. The van der Waals surface area contributed by atoms with Gasteiger partial charge in [0.25, 0.3) is 5.91 Å². The fourth-order valence-electron chi connectivity index (χ4n) is 2.43. The van der Waals surface area contributed by atoms with Crippen LogP contribution in [0.25, 0.3) is 11.0 Å². The number of aryl methyl sites for hydroxylation is 2. The highest BCUT2D eigenvalue weighted by atomic mass is 16.4. The summed E-state index contributed by atoms with van der Waals surface area (Å²) in [6, 6.07) is 5.47. The number of quaternary nitrogens is 1. The second-order valence-electron chi connectivity index (χ2n) is 6.12. The number of fused-ring (bicyclic) bond motifs is 1. The highest BCUT2D eigenvalue weighted by Crippen LogP contribution is 2.21. The van der Waals surface area contributed by atoms with Crippen LogP contribution in [0, 0.1) is 13.8 Å². The fraction of sp³-hybridized carbons (Fsp3) is 0.412. The Morgan fingerprint density at radius 3 is 2.45 bits per heavy atom. The van der Waals surface area contributed by atoms with Crippen LogP contribution in [0.15, 0.2) is 27.4 Å². The van der Waals surface area contributed by atoms with E-state index in [1.807, 2.05) is 33.0 Å². The molecule has 5 heteroatoms. The first kappa shape index (κ1) is 16.2. The average Bonchev–Trinajstić information content (AvgIpc) is 2.40. The summed E-state index contributed by atoms with van der Waals surface area (Å²) in [5.74, 6) is 0.0665. The van der Waals surface area contributed by atoms with Gasteiger partial charge >= 0.3 is 5.63 Å². The zero-order valence-electron chi connectivity index (χ0n) is 13.8. The molecule has 1 heterocycles. The molecule has 0 aliphatic rings. The Labute approximate surface area is 130 Å². The molecule has 0 saturated heterocycles. The zero-order valence-corrected chi connectivity index (χ0v) is 13.8. The first-order valence-electron chi connectivity index (χ1n) is 7.33. The SMILES string of the molecule is Cc1cc2oc(=O)cc(C[NH+](C)CC(=O)N(C)C)c2cc1C. The summed E-state index contributed by atoms with van der Waals surface area (Å²) in [6.07, 6.45) is 0. The summed E-state index contributed by atoms with van der Waals surface area (Å²) < 4.78 is 5.30. The van der Waals surface area contributed by atoms with Crippen molar-refractivity contribution in [3.63, 3.8) is 0 Å². The Bertz CT molecular complexity index is 762. The standard InChI is InChI=1S/C17H22N2O3/c1-11-6-14-13(9-19(5)10-16(20)18(3)4)8-17(21)22-15(14)7-12(11)2/h6-8H,9-10H2,1-5H3/p+1. The lowest BCUT2D eigenvalue weighted by atomic mass is 10.0. The second kappa shape index (κ2) is 6.32. The summed E-state index contributed by atoms with van der Waals surface area (Å²) in [5.41, 5.74) is 3.43. The molecule has 0 aliphatic heterocycles. The quantitative estimate of drug-likeness (QED) is 0.838. The van der Waals surface area contributed by atoms with Crippen molar-refractivity contribution in [2.45, 2.75) is 20.4 Å². The molecule has 22 heavy (non-hydrogen) atoms. The van der Waals surface area contributed by atoms with Gasteiger partial charge in [0.2, 0.25) is 0 Å². The first-order valence-corrected chi connectivity index (χ1v) is 7.33. The number of carbonyl (C=O) groups excluding carboxylic acids is 1. The van der Waals surface area contributed by atoms with Crippen molar-refractivity contribution in [1.82, 2.24) is 4.90 Å². The van der Waals surface area contributed by atoms with Crippen molar-refractivity contribution in [3.05, 3.63) is 45.3 Å². The molecule has 1 aromatic heterocycles. The van der Waals surface area contributed by atoms with E-state index in [2.05, 4.69) is 0 Å². The minimum atomic E-state index is -0.350. The summed E-state index contributed by atoms with van der Waals surface area (Å²) in [5, 5.41) is 0.944. The van der Waals surface area contributed by atoms with Crippen molar-refractivity contribution < 1.29 is 14.1 Å². The Balaban J connectivity index is 2.36. The molecule has 0 radical (unpaired) electrons. The number of likely N-dealkylation sites (N-methyl/N-ethyl adjacent to an activating group) is 2. The van der Waals surface area contributed by atoms with Crippen LogP contribution in [0.5, 0.6) is 0 Å². The molecule has 1 aromatic carbocycles. The highest BCUT2D eigenvalue weighted by Gasteiger charge is 2.15. The number of hydrogen-bond donors (Lipinski definition) is 1. The number of carbonyl (C=O) groups is 1. The van der Waals surface area contributed by atoms with E-state index in [1.54, 1.807) is 19.0 Å². The number of benzene rings is 1. The van der Waals surface area contributed by atoms with E-state index in [0.29, 0.717) is 18.7 Å². The van der Waals surface area contributed by atoms with Gasteiger partial charge in [0.1, 0.15) is 12.1 Å². The van der Waals surface area contributed by atoms with Gasteiger partial charge in [-0.15, -0.1) is 0 Å². The normalized spacial score (nSPS) is 12.4. The molecule has 1 amide bonds. The molecule has 0 fully saturated rings. The first-order chi connectivity index (χ1) is 10.3. The molecule has 0 aliphatic carbocycles. The van der Waals surface area contributed by atoms with E-state index in [9.17, 15) is 9.59 Å². The van der Waals surface area contributed by atoms with Crippen LogP contribution in [0.1, 0.15) is 16.7 Å². The number of rotatable bonds is 4. The van der Waals surface area contributed by atoms with Crippen LogP contribution in [0.3, 0.4) is 0 Å². The predicted octanol–water partition coefficient (Wildman–Crippen LogP) is 0.513. The molecule has 0 spiro atoms. The molecule has 1 unspecified atom stereocenters. The van der Waals surface area contributed by atoms with E-state index in [1.165, 1.54) is 6.07 Å². The third-order valence-electron chi connectivity index (χ3n) is 3.89. The number of amides is 1. The van der Waals surface area contributed by atoms with Crippen LogP contribution in [0.2, 0.25) is 0 Å². The van der Waals surface area contributed by atoms with Gasteiger partial charge < -0.3 is 14.2 Å². The van der Waals surface area contributed by atoms with Gasteiger partial charge in [-0.1, -0.05) is 0 Å². The van der Waals surface area contributed by atoms with Crippen LogP contribution < -0.4 is 10.5 Å². The molecule has 1 atom stereocenters. The van der Waals surface area contributed by atoms with Gasteiger partial charge in [0, 0.05) is 31.1 Å². The monoisotopic (exact) mass is 303 g/mol. The third kappa shape index (κ3) is 3.54. The Hall–Kier alpha value is -2.14. The van der Waals surface area contributed by atoms with E-state index in [0.717, 1.165) is 27.0 Å². The van der Waals surface area contributed by atoms with Gasteiger partial charge in [-0.25, -0.2) is 4.79 Å². The van der Waals surface area contributed by atoms with Gasteiger partial charge in [0.15, 0.2) is 6.54 Å². The van der Waals surface area contributed by atoms with Crippen molar-refractivity contribution in [3.8, 4) is 0 Å². The van der Waals surface area contributed by atoms with Gasteiger partial charge in [-0.3, -0.25) is 4.79 Å². The molecular weight excluding hydrogens is 280 g/mol. The van der Waals surface area contributed by atoms with Crippen LogP contribution in [-0.2, 0) is 11.3 Å². The van der Waals surface area contributed by atoms with E-state index in [-0.39, 0.29) is 11.5 Å². The fourth-order valence-corrected chi connectivity index (χ4v) is 2.43. The van der Waals surface area contributed by atoms with Crippen LogP contribution in [-0.4, -0.2) is 38.5 Å². The molecule has 1 N–H and O–H groups in total. The van der Waals surface area contributed by atoms with Gasteiger partial charge in [-0.05, 0) is 37.1 Å². The van der Waals surface area contributed by atoms with Crippen molar-refractivity contribution >= 4 is 16.9 Å². The second-order valence-corrected chi connectivity index (χ2v) is 6.12. The minimum Gasteiger partial charge on any atom is -0.423 e. The van der Waals surface area contributed by atoms with E-state index >= 15 is 0 Å². The van der Waals surface area contributed by atoms with Crippen molar-refractivity contribution in [2.75, 3.05) is 27.7 Å². The van der Waals surface area contributed by atoms with Crippen LogP contribution >= 0.6 is 0 Å². The maximum Gasteiger partial charge on any atom is 0.336 e. The third-order valence-corrected chi connectivity index (χ3v) is 3.89. The lowest BCUT2D eigenvalue weighted by Gasteiger charge is -2.17. The van der Waals surface area contributed by atoms with Crippen LogP contribution in [0.4, 0.5) is 0 Å². The molecule has 2 aromatic rings. The summed E-state index contributed by atoms with van der Waals surface area (Å²) in [6.45, 7) is 5.02. The lowest BCUT2D eigenvalue weighted by molar-refractivity contribution is -0.885. The Morgan fingerprint density at radius 1 is 1.18 bits per heavy atom. The molecule has 2 rings (SSSR count). The number of hydrogen-bond acceptors (Lipinski definition) is 3. The maximum absolute atomic E-state index is 11.8. The maximum atomic E-state index is 11.8. The number of nitrogens with one attached hydrogen (secondary N) is 1. The zero-order chi connectivity index (χ0) is 16.4. The van der Waals surface area contributed by atoms with E-state index < -0.39 is 0 Å². The van der Waals surface area contributed by atoms with Gasteiger partial charge in [-0.2, -0.15) is 0 Å². The molecule has 5 nitrogen and oxygen atoms in total. The van der Waals surface area contributed by atoms with E-state index in [4.69, 9.17) is 4.42 Å². The van der Waals surface area contributed by atoms with Gasteiger partial charge in [0.05, 0.1) is 7.05 Å². The Morgan fingerprint density at radius 2 is 1.82 bits per heavy atom. The largest absolute Gasteiger partial charge is 0.423 e. The molecular formula is C17H23N2O3+. The topological polar surface area (TPSA) is 55.0 Å². The summed E-state index contributed by atoms with van der Waals surface area (Å²) in [7, 11) is 5.44. The lowest BCUT2D eigenvalue weighted by Crippen LogP contribution is -3.08. The smallest absolute Gasteiger partial charge is 0.336 e. The molecule has 0 saturated carbocycles. The molecule has 0 bridgehead atoms. The number of nitrogens with zero attached hydrogens (tertiary/aromatic N) is 1. The van der Waals surface area contributed by atoms with Crippen molar-refractivity contribution in [2.24, 2.45) is 0 Å². The van der Waals surface area contributed by atoms with Crippen molar-refractivity contribution in [1.29, 1.82) is 0 Å². The molecule has 118 valence electrons. The average molecular weight is 303 g/mol.